The second-order valence-corrected chi connectivity index (χ2v) is 4.58. The van der Waals surface area contributed by atoms with Gasteiger partial charge >= 0.3 is 0 Å². The summed E-state index contributed by atoms with van der Waals surface area (Å²) in [7, 11) is 2.03. The van der Waals surface area contributed by atoms with Gasteiger partial charge in [0.05, 0.1) is 0 Å². The number of hydrogen-bond acceptors (Lipinski definition) is 3. The van der Waals surface area contributed by atoms with Crippen LogP contribution >= 0.6 is 0 Å². The van der Waals surface area contributed by atoms with Crippen LogP contribution < -0.4 is 5.32 Å². The number of nitrogens with one attached hydrogen (secondary N) is 1. The van der Waals surface area contributed by atoms with Gasteiger partial charge in [-0.25, -0.2) is 4.98 Å². The van der Waals surface area contributed by atoms with E-state index in [4.69, 9.17) is 0 Å². The maximum Gasteiger partial charge on any atom is 0.138 e. The molecule has 0 bridgehead atoms. The molecule has 0 aliphatic rings. The first-order valence-electron chi connectivity index (χ1n) is 6.23. The zero-order chi connectivity index (χ0) is 12.0. The molecule has 4 nitrogen and oxygen atoms in total. The van der Waals surface area contributed by atoms with Crippen LogP contribution in [-0.4, -0.2) is 27.9 Å². The van der Waals surface area contributed by atoms with Crippen LogP contribution in [-0.2, 0) is 13.0 Å². The van der Waals surface area contributed by atoms with Crippen molar-refractivity contribution in [1.29, 1.82) is 0 Å². The quantitative estimate of drug-likeness (QED) is 0.769. The van der Waals surface area contributed by atoms with E-state index >= 15 is 0 Å². The number of rotatable bonds is 7. The summed E-state index contributed by atoms with van der Waals surface area (Å²) in [6, 6.07) is 0.562. The van der Waals surface area contributed by atoms with Crippen LogP contribution in [0, 0.1) is 5.92 Å². The van der Waals surface area contributed by atoms with E-state index in [9.17, 15) is 0 Å². The summed E-state index contributed by atoms with van der Waals surface area (Å²) in [4.78, 5) is 4.32. The molecule has 1 N–H and O–H groups in total. The van der Waals surface area contributed by atoms with Crippen molar-refractivity contribution in [3.8, 4) is 0 Å². The van der Waals surface area contributed by atoms with Crippen molar-refractivity contribution in [2.45, 2.75) is 52.6 Å². The highest BCUT2D eigenvalue weighted by Crippen LogP contribution is 2.09. The molecule has 16 heavy (non-hydrogen) atoms. The molecule has 1 rings (SSSR count). The third-order valence-electron chi connectivity index (χ3n) is 2.99. The van der Waals surface area contributed by atoms with E-state index < -0.39 is 0 Å². The van der Waals surface area contributed by atoms with Gasteiger partial charge in [-0.2, -0.15) is 5.10 Å². The first-order valence-corrected chi connectivity index (χ1v) is 6.23. The number of nitrogens with zero attached hydrogens (tertiary/aromatic N) is 3. The Morgan fingerprint density at radius 1 is 1.44 bits per heavy atom. The molecule has 0 aliphatic heterocycles. The maximum atomic E-state index is 4.32. The fourth-order valence-electron chi connectivity index (χ4n) is 1.98. The molecule has 0 saturated carbocycles. The molecule has 0 aliphatic carbocycles. The van der Waals surface area contributed by atoms with Gasteiger partial charge in [-0.1, -0.05) is 20.8 Å². The predicted octanol–water partition coefficient (Wildman–Crippen LogP) is 1.86. The molecule has 0 amide bonds. The van der Waals surface area contributed by atoms with Crippen LogP contribution in [0.5, 0.6) is 0 Å². The van der Waals surface area contributed by atoms with Crippen LogP contribution in [0.25, 0.3) is 0 Å². The lowest BCUT2D eigenvalue weighted by atomic mass is 9.99. The van der Waals surface area contributed by atoms with E-state index in [1.165, 1.54) is 0 Å². The summed E-state index contributed by atoms with van der Waals surface area (Å²) in [6.07, 6.45) is 4.89. The Hall–Kier alpha value is -0.900. The molecule has 4 heteroatoms. The van der Waals surface area contributed by atoms with Gasteiger partial charge in [0, 0.05) is 19.0 Å². The fraction of sp³-hybridized carbons (Fsp3) is 0.833. The predicted molar refractivity (Wildman–Crippen MR) is 66.3 cm³/mol. The van der Waals surface area contributed by atoms with E-state index in [0.717, 1.165) is 31.6 Å². The standard InChI is InChI=1S/C12H24N4/c1-5-8-16-12(14-9-15-16)7-6-11(13-4)10(2)3/h9-11,13H,5-8H2,1-4H3. The first-order chi connectivity index (χ1) is 7.69. The summed E-state index contributed by atoms with van der Waals surface area (Å²) in [5.74, 6) is 1.77. The summed E-state index contributed by atoms with van der Waals surface area (Å²) in [5, 5.41) is 7.60. The van der Waals surface area contributed by atoms with Gasteiger partial charge in [0.2, 0.25) is 0 Å². The van der Waals surface area contributed by atoms with Crippen LogP contribution in [0.4, 0.5) is 0 Å². The first kappa shape index (κ1) is 13.2. The van der Waals surface area contributed by atoms with Gasteiger partial charge in [-0.15, -0.1) is 0 Å². The van der Waals surface area contributed by atoms with E-state index in [1.807, 2.05) is 11.7 Å². The van der Waals surface area contributed by atoms with Crippen molar-refractivity contribution >= 4 is 0 Å². The van der Waals surface area contributed by atoms with Gasteiger partial charge in [0.1, 0.15) is 12.2 Å². The highest BCUT2D eigenvalue weighted by Gasteiger charge is 2.12. The Morgan fingerprint density at radius 2 is 2.19 bits per heavy atom. The Bertz CT molecular complexity index is 293. The van der Waals surface area contributed by atoms with Crippen molar-refractivity contribution in [3.63, 3.8) is 0 Å². The maximum absolute atomic E-state index is 4.32. The Morgan fingerprint density at radius 3 is 2.75 bits per heavy atom. The van der Waals surface area contributed by atoms with Crippen molar-refractivity contribution < 1.29 is 0 Å². The molecule has 1 unspecified atom stereocenters. The number of aromatic nitrogens is 3. The van der Waals surface area contributed by atoms with Crippen LogP contribution in [0.2, 0.25) is 0 Å². The molecule has 0 aromatic carbocycles. The van der Waals surface area contributed by atoms with Crippen LogP contribution in [0.1, 0.15) is 39.4 Å². The summed E-state index contributed by atoms with van der Waals surface area (Å²) < 4.78 is 2.02. The van der Waals surface area contributed by atoms with Gasteiger partial charge in [-0.05, 0) is 25.8 Å². The zero-order valence-corrected chi connectivity index (χ0v) is 10.9. The molecule has 0 saturated heterocycles. The largest absolute Gasteiger partial charge is 0.317 e. The Kier molecular flexibility index (Phi) is 5.46. The molecule has 0 fully saturated rings. The molecule has 92 valence electrons. The zero-order valence-electron chi connectivity index (χ0n) is 10.9. The lowest BCUT2D eigenvalue weighted by molar-refractivity contribution is 0.395. The topological polar surface area (TPSA) is 42.7 Å². The molecule has 0 radical (unpaired) electrons. The normalized spacial score (nSPS) is 13.3. The Labute approximate surface area is 98.5 Å². The summed E-state index contributed by atoms with van der Waals surface area (Å²) >= 11 is 0. The van der Waals surface area contributed by atoms with Crippen molar-refractivity contribution in [2.24, 2.45) is 5.92 Å². The second-order valence-electron chi connectivity index (χ2n) is 4.58. The Balaban J connectivity index is 2.49. The minimum atomic E-state index is 0.562. The molecule has 1 atom stereocenters. The van der Waals surface area contributed by atoms with Crippen LogP contribution in [0.15, 0.2) is 6.33 Å². The average molecular weight is 224 g/mol. The summed E-state index contributed by atoms with van der Waals surface area (Å²) in [6.45, 7) is 7.63. The van der Waals surface area contributed by atoms with E-state index in [-0.39, 0.29) is 0 Å². The van der Waals surface area contributed by atoms with E-state index in [0.29, 0.717) is 12.0 Å². The lowest BCUT2D eigenvalue weighted by Crippen LogP contribution is -2.31. The van der Waals surface area contributed by atoms with Crippen molar-refractivity contribution in [2.75, 3.05) is 7.05 Å². The number of aryl methyl sites for hydroxylation is 2. The molecule has 1 aromatic rings. The minimum Gasteiger partial charge on any atom is -0.317 e. The van der Waals surface area contributed by atoms with Gasteiger partial charge in [-0.3, -0.25) is 4.68 Å². The average Bonchev–Trinajstić information content (AvgIpc) is 2.67. The van der Waals surface area contributed by atoms with Gasteiger partial charge < -0.3 is 5.32 Å². The van der Waals surface area contributed by atoms with Crippen molar-refractivity contribution in [3.05, 3.63) is 12.2 Å². The number of hydrogen-bond donors (Lipinski definition) is 1. The van der Waals surface area contributed by atoms with E-state index in [2.05, 4.69) is 36.2 Å². The minimum absolute atomic E-state index is 0.562. The third-order valence-corrected chi connectivity index (χ3v) is 2.99. The molecule has 1 aromatic heterocycles. The molecular formula is C12H24N4. The molecule has 1 heterocycles. The second kappa shape index (κ2) is 6.63. The highest BCUT2D eigenvalue weighted by atomic mass is 15.3. The molecular weight excluding hydrogens is 200 g/mol. The fourth-order valence-corrected chi connectivity index (χ4v) is 1.98. The third kappa shape index (κ3) is 3.59. The van der Waals surface area contributed by atoms with Crippen molar-refractivity contribution in [1.82, 2.24) is 20.1 Å². The smallest absolute Gasteiger partial charge is 0.138 e. The SMILES string of the molecule is CCCn1ncnc1CCC(NC)C(C)C. The lowest BCUT2D eigenvalue weighted by Gasteiger charge is -2.19. The molecule has 0 spiro atoms. The van der Waals surface area contributed by atoms with Crippen LogP contribution in [0.3, 0.4) is 0 Å². The summed E-state index contributed by atoms with van der Waals surface area (Å²) in [5.41, 5.74) is 0. The van der Waals surface area contributed by atoms with Gasteiger partial charge in [0.15, 0.2) is 0 Å². The van der Waals surface area contributed by atoms with E-state index in [1.54, 1.807) is 6.33 Å². The van der Waals surface area contributed by atoms with Gasteiger partial charge in [0.25, 0.3) is 0 Å². The highest BCUT2D eigenvalue weighted by molar-refractivity contribution is 4.86. The monoisotopic (exact) mass is 224 g/mol.